The number of hydrogen-bond donors (Lipinski definition) is 2. The van der Waals surface area contributed by atoms with Crippen molar-refractivity contribution in [3.8, 4) is 0 Å². The molecule has 86 valence electrons. The summed E-state index contributed by atoms with van der Waals surface area (Å²) in [6.07, 6.45) is 1.46. The molecule has 0 spiro atoms. The third-order valence-electron chi connectivity index (χ3n) is 3.75. The standard InChI is InChI=1S/C10H18N2O3/c11-7-6-5-14-10(15-6)8(9(7)13)12-3-1-2-4-12/h6-10,13H,1-5,11H2/t6-,7-,8-,9+,10-/m0/s1. The molecule has 0 amide bonds. The number of ether oxygens (including phenoxy) is 2. The first-order valence-corrected chi connectivity index (χ1v) is 5.72. The van der Waals surface area contributed by atoms with Gasteiger partial charge in [0.2, 0.25) is 0 Å². The van der Waals surface area contributed by atoms with Crippen LogP contribution in [0.3, 0.4) is 0 Å². The molecule has 5 heteroatoms. The van der Waals surface area contributed by atoms with Gasteiger partial charge in [-0.1, -0.05) is 0 Å². The van der Waals surface area contributed by atoms with Gasteiger partial charge in [0.1, 0.15) is 6.10 Å². The molecule has 2 bridgehead atoms. The van der Waals surface area contributed by atoms with Crippen LogP contribution >= 0.6 is 0 Å². The van der Waals surface area contributed by atoms with Crippen molar-refractivity contribution >= 4 is 0 Å². The van der Waals surface area contributed by atoms with Gasteiger partial charge >= 0.3 is 0 Å². The van der Waals surface area contributed by atoms with Gasteiger partial charge in [0.25, 0.3) is 0 Å². The highest BCUT2D eigenvalue weighted by atomic mass is 16.7. The maximum Gasteiger partial charge on any atom is 0.176 e. The molecule has 0 aromatic carbocycles. The van der Waals surface area contributed by atoms with Gasteiger partial charge in [-0.05, 0) is 25.9 Å². The highest BCUT2D eigenvalue weighted by Crippen LogP contribution is 2.31. The Balaban J connectivity index is 1.80. The molecule has 3 heterocycles. The summed E-state index contributed by atoms with van der Waals surface area (Å²) < 4.78 is 11.2. The minimum atomic E-state index is -0.519. The minimum absolute atomic E-state index is 0.0683. The van der Waals surface area contributed by atoms with Crippen molar-refractivity contribution in [1.82, 2.24) is 4.90 Å². The van der Waals surface area contributed by atoms with Crippen molar-refractivity contribution in [3.05, 3.63) is 0 Å². The van der Waals surface area contributed by atoms with Gasteiger partial charge in [-0.25, -0.2) is 0 Å². The van der Waals surface area contributed by atoms with Crippen molar-refractivity contribution in [2.24, 2.45) is 5.73 Å². The van der Waals surface area contributed by atoms with Crippen LogP contribution < -0.4 is 5.73 Å². The SMILES string of the molecule is N[C@@H]1[C@@H](O)[C@H](N2CCCC2)[C@H]2OC[C@@H]1O2. The van der Waals surface area contributed by atoms with Gasteiger partial charge in [-0.3, -0.25) is 4.90 Å². The van der Waals surface area contributed by atoms with E-state index >= 15 is 0 Å². The van der Waals surface area contributed by atoms with Crippen molar-refractivity contribution < 1.29 is 14.6 Å². The van der Waals surface area contributed by atoms with Gasteiger partial charge in [-0.15, -0.1) is 0 Å². The van der Waals surface area contributed by atoms with Gasteiger partial charge in [0.15, 0.2) is 6.29 Å². The Hall–Kier alpha value is -0.200. The average molecular weight is 214 g/mol. The molecule has 0 aromatic heterocycles. The first-order chi connectivity index (χ1) is 7.27. The second-order valence-corrected chi connectivity index (χ2v) is 4.68. The summed E-state index contributed by atoms with van der Waals surface area (Å²) in [7, 11) is 0. The molecule has 3 N–H and O–H groups in total. The first-order valence-electron chi connectivity index (χ1n) is 5.72. The molecule has 5 atom stereocenters. The van der Waals surface area contributed by atoms with E-state index < -0.39 is 6.10 Å². The zero-order valence-corrected chi connectivity index (χ0v) is 8.71. The maximum atomic E-state index is 10.2. The van der Waals surface area contributed by atoms with Crippen molar-refractivity contribution in [3.63, 3.8) is 0 Å². The lowest BCUT2D eigenvalue weighted by molar-refractivity contribution is -0.174. The molecule has 0 saturated carbocycles. The fraction of sp³-hybridized carbons (Fsp3) is 1.00. The zero-order chi connectivity index (χ0) is 10.4. The van der Waals surface area contributed by atoms with Crippen LogP contribution in [0.4, 0.5) is 0 Å². The molecule has 15 heavy (non-hydrogen) atoms. The molecule has 3 aliphatic heterocycles. The Bertz CT molecular complexity index is 243. The second kappa shape index (κ2) is 3.68. The van der Waals surface area contributed by atoms with Gasteiger partial charge < -0.3 is 20.3 Å². The van der Waals surface area contributed by atoms with E-state index in [2.05, 4.69) is 4.90 Å². The first kappa shape index (κ1) is 9.99. The average Bonchev–Trinajstić information content (AvgIpc) is 2.85. The van der Waals surface area contributed by atoms with E-state index in [4.69, 9.17) is 15.2 Å². The highest BCUT2D eigenvalue weighted by molar-refractivity contribution is 5.00. The molecule has 0 aromatic rings. The van der Waals surface area contributed by atoms with Gasteiger partial charge in [-0.2, -0.15) is 0 Å². The van der Waals surface area contributed by atoms with E-state index in [1.165, 1.54) is 12.8 Å². The number of aliphatic hydroxyl groups is 1. The highest BCUT2D eigenvalue weighted by Gasteiger charge is 2.50. The van der Waals surface area contributed by atoms with E-state index in [-0.39, 0.29) is 24.5 Å². The summed E-state index contributed by atoms with van der Waals surface area (Å²) in [5, 5.41) is 10.2. The molecule has 5 nitrogen and oxygen atoms in total. The number of nitrogens with two attached hydrogens (primary N) is 1. The third-order valence-corrected chi connectivity index (χ3v) is 3.75. The Labute approximate surface area is 89.1 Å². The molecule has 0 radical (unpaired) electrons. The lowest BCUT2D eigenvalue weighted by atomic mass is 9.96. The summed E-state index contributed by atoms with van der Waals surface area (Å²) in [5.41, 5.74) is 5.94. The van der Waals surface area contributed by atoms with Crippen molar-refractivity contribution in [2.45, 2.75) is 43.4 Å². The van der Waals surface area contributed by atoms with Crippen molar-refractivity contribution in [1.29, 1.82) is 0 Å². The van der Waals surface area contributed by atoms with E-state index in [9.17, 15) is 5.11 Å². The third kappa shape index (κ3) is 1.50. The predicted molar refractivity (Wildman–Crippen MR) is 53.2 cm³/mol. The Morgan fingerprint density at radius 2 is 2.00 bits per heavy atom. The Morgan fingerprint density at radius 1 is 1.27 bits per heavy atom. The Kier molecular flexibility index (Phi) is 2.45. The molecular weight excluding hydrogens is 196 g/mol. The molecule has 3 aliphatic rings. The zero-order valence-electron chi connectivity index (χ0n) is 8.71. The summed E-state index contributed by atoms with van der Waals surface area (Å²) in [6, 6.07) is -0.379. The largest absolute Gasteiger partial charge is 0.390 e. The molecule has 0 aliphatic carbocycles. The van der Waals surface area contributed by atoms with Gasteiger partial charge in [0, 0.05) is 0 Å². The number of rotatable bonds is 1. The molecular formula is C10H18N2O3. The molecule has 0 unspecified atom stereocenters. The monoisotopic (exact) mass is 214 g/mol. The van der Waals surface area contributed by atoms with Crippen LogP contribution in [0.25, 0.3) is 0 Å². The van der Waals surface area contributed by atoms with E-state index in [1.807, 2.05) is 0 Å². The molecule has 3 rings (SSSR count). The van der Waals surface area contributed by atoms with Crippen LogP contribution in [0, 0.1) is 0 Å². The number of fused-ring (bicyclic) bond motifs is 2. The lowest BCUT2D eigenvalue weighted by Crippen LogP contribution is -2.62. The minimum Gasteiger partial charge on any atom is -0.390 e. The summed E-state index contributed by atoms with van der Waals surface area (Å²) in [5.74, 6) is 0. The quantitative estimate of drug-likeness (QED) is 0.579. The fourth-order valence-electron chi connectivity index (χ4n) is 2.86. The molecule has 3 fully saturated rings. The summed E-state index contributed by atoms with van der Waals surface area (Å²) in [4.78, 5) is 2.25. The topological polar surface area (TPSA) is 68.0 Å². The van der Waals surface area contributed by atoms with E-state index in [0.29, 0.717) is 6.61 Å². The predicted octanol–water partition coefficient (Wildman–Crippen LogP) is -1.11. The summed E-state index contributed by atoms with van der Waals surface area (Å²) in [6.45, 7) is 2.55. The Morgan fingerprint density at radius 3 is 2.73 bits per heavy atom. The number of hydrogen-bond acceptors (Lipinski definition) is 5. The van der Waals surface area contributed by atoms with Crippen LogP contribution in [0.1, 0.15) is 12.8 Å². The maximum absolute atomic E-state index is 10.2. The smallest absolute Gasteiger partial charge is 0.176 e. The van der Waals surface area contributed by atoms with E-state index in [0.717, 1.165) is 13.1 Å². The normalized spacial score (nSPS) is 51.2. The fourth-order valence-corrected chi connectivity index (χ4v) is 2.86. The van der Waals surface area contributed by atoms with Crippen molar-refractivity contribution in [2.75, 3.05) is 19.7 Å². The van der Waals surface area contributed by atoms with Crippen LogP contribution in [0.5, 0.6) is 0 Å². The number of nitrogens with zero attached hydrogens (tertiary/aromatic N) is 1. The lowest BCUT2D eigenvalue weighted by Gasteiger charge is -2.41. The number of aliphatic hydroxyl groups excluding tert-OH is 1. The molecule has 3 saturated heterocycles. The number of likely N-dealkylation sites (tertiary alicyclic amines) is 1. The van der Waals surface area contributed by atoms with Gasteiger partial charge in [0.05, 0.1) is 24.8 Å². The van der Waals surface area contributed by atoms with E-state index in [1.54, 1.807) is 0 Å². The van der Waals surface area contributed by atoms with Crippen LogP contribution in [0.15, 0.2) is 0 Å². The summed E-state index contributed by atoms with van der Waals surface area (Å²) >= 11 is 0. The second-order valence-electron chi connectivity index (χ2n) is 4.68. The van der Waals surface area contributed by atoms with Crippen LogP contribution in [0.2, 0.25) is 0 Å². The van der Waals surface area contributed by atoms with Crippen LogP contribution in [-0.4, -0.2) is 60.3 Å². The van der Waals surface area contributed by atoms with Crippen LogP contribution in [-0.2, 0) is 9.47 Å².